The van der Waals surface area contributed by atoms with Gasteiger partial charge in [-0.05, 0) is 79.4 Å². The number of aromatic amines is 1. The van der Waals surface area contributed by atoms with Crippen LogP contribution in [-0.4, -0.2) is 79.4 Å². The zero-order chi connectivity index (χ0) is 40.1. The zero-order valence-electron chi connectivity index (χ0n) is 31.9. The molecule has 9 rings (SSSR count). The maximum atomic E-state index is 13.5. The molecule has 6 aromatic rings. The first-order valence-corrected chi connectivity index (χ1v) is 19.6. The Morgan fingerprint density at radius 3 is 2.43 bits per heavy atom. The van der Waals surface area contributed by atoms with E-state index in [2.05, 4.69) is 35.6 Å². The second-order valence-corrected chi connectivity index (χ2v) is 15.9. The van der Waals surface area contributed by atoms with Crippen LogP contribution in [0, 0.1) is 12.3 Å². The summed E-state index contributed by atoms with van der Waals surface area (Å²) in [5.74, 6) is 0.482. The third-order valence-corrected chi connectivity index (χ3v) is 11.6. The van der Waals surface area contributed by atoms with Crippen molar-refractivity contribution in [2.24, 2.45) is 12.5 Å². The number of nitrogens with zero attached hydrogens (tertiary/aromatic N) is 6. The molecule has 6 heterocycles. The van der Waals surface area contributed by atoms with Crippen molar-refractivity contribution in [2.45, 2.75) is 38.6 Å². The van der Waals surface area contributed by atoms with Crippen LogP contribution in [0.5, 0.6) is 11.5 Å². The van der Waals surface area contributed by atoms with Crippen molar-refractivity contribution >= 4 is 52.1 Å². The number of pyridine rings is 1. The molecule has 0 bridgehead atoms. The minimum atomic E-state index is -0.295. The summed E-state index contributed by atoms with van der Waals surface area (Å²) in [4.78, 5) is 66.8. The Labute approximate surface area is 338 Å². The summed E-state index contributed by atoms with van der Waals surface area (Å²) in [7, 11) is 1.85. The first-order valence-electron chi connectivity index (χ1n) is 19.2. The number of carbonyl (C=O) groups excluding carboxylic acids is 4. The average Bonchev–Trinajstić information content (AvgIpc) is 3.94. The van der Waals surface area contributed by atoms with Crippen LogP contribution >= 0.6 is 11.6 Å². The number of imidazole rings is 1. The van der Waals surface area contributed by atoms with E-state index < -0.39 is 0 Å². The highest BCUT2D eigenvalue weighted by Gasteiger charge is 2.49. The predicted octanol–water partition coefficient (Wildman–Crippen LogP) is 5.92. The second-order valence-electron chi connectivity index (χ2n) is 15.5. The highest BCUT2D eigenvalue weighted by atomic mass is 35.5. The van der Waals surface area contributed by atoms with Crippen molar-refractivity contribution in [2.75, 3.05) is 31.1 Å². The van der Waals surface area contributed by atoms with Crippen LogP contribution in [-0.2, 0) is 23.2 Å². The topological polar surface area (TPSA) is 167 Å². The van der Waals surface area contributed by atoms with Crippen molar-refractivity contribution in [3.05, 3.63) is 118 Å². The van der Waals surface area contributed by atoms with E-state index in [1.807, 2.05) is 73.6 Å². The number of imide groups is 1. The summed E-state index contributed by atoms with van der Waals surface area (Å²) >= 11 is 6.50. The number of aromatic nitrogens is 5. The van der Waals surface area contributed by atoms with Crippen LogP contribution in [0.1, 0.15) is 62.7 Å². The molecular formula is C43H40ClN9O5. The molecule has 58 heavy (non-hydrogen) atoms. The van der Waals surface area contributed by atoms with Crippen molar-refractivity contribution in [1.29, 1.82) is 0 Å². The Hall–Kier alpha value is -6.54. The van der Waals surface area contributed by atoms with Crippen molar-refractivity contribution < 1.29 is 23.9 Å². The Kier molecular flexibility index (Phi) is 9.43. The van der Waals surface area contributed by atoms with Gasteiger partial charge in [0.05, 0.1) is 23.4 Å². The third-order valence-electron chi connectivity index (χ3n) is 11.4. The fourth-order valence-corrected chi connectivity index (χ4v) is 8.42. The fraction of sp³-hybridized carbons (Fsp3) is 0.279. The lowest BCUT2D eigenvalue weighted by atomic mass is 9.78. The Bertz CT molecular complexity index is 2580. The number of benzene rings is 3. The van der Waals surface area contributed by atoms with E-state index in [0.717, 1.165) is 47.6 Å². The van der Waals surface area contributed by atoms with E-state index in [-0.39, 0.29) is 35.0 Å². The van der Waals surface area contributed by atoms with Crippen molar-refractivity contribution in [3.8, 4) is 22.9 Å². The van der Waals surface area contributed by atoms with Gasteiger partial charge in [0.25, 0.3) is 11.8 Å². The van der Waals surface area contributed by atoms with Gasteiger partial charge in [-0.3, -0.25) is 29.2 Å². The van der Waals surface area contributed by atoms with E-state index >= 15 is 0 Å². The number of nitrogens with one attached hydrogen (secondary N) is 3. The number of halogens is 1. The number of rotatable bonds is 9. The molecule has 0 unspecified atom stereocenters. The summed E-state index contributed by atoms with van der Waals surface area (Å²) in [6, 6.07) is 22.2. The van der Waals surface area contributed by atoms with Gasteiger partial charge >= 0.3 is 0 Å². The highest BCUT2D eigenvalue weighted by molar-refractivity contribution is 6.32. The van der Waals surface area contributed by atoms with Gasteiger partial charge in [0, 0.05) is 74.6 Å². The maximum Gasteiger partial charge on any atom is 0.253 e. The molecule has 0 aliphatic carbocycles. The molecule has 3 fully saturated rings. The number of carbonyl (C=O) groups is 4. The molecule has 15 heteroatoms. The van der Waals surface area contributed by atoms with Crippen molar-refractivity contribution in [3.63, 3.8) is 0 Å². The molecule has 3 aliphatic heterocycles. The molecule has 1 spiro atoms. The normalized spacial score (nSPS) is 17.4. The predicted molar refractivity (Wildman–Crippen MR) is 217 cm³/mol. The Morgan fingerprint density at radius 2 is 1.72 bits per heavy atom. The van der Waals surface area contributed by atoms with Crippen LogP contribution in [0.4, 0.5) is 5.69 Å². The number of hydrogen-bond acceptors (Lipinski definition) is 9. The zero-order valence-corrected chi connectivity index (χ0v) is 32.7. The number of aryl methyl sites for hydroxylation is 2. The first kappa shape index (κ1) is 37.1. The van der Waals surface area contributed by atoms with Gasteiger partial charge in [-0.2, -0.15) is 5.10 Å². The lowest BCUT2D eigenvalue weighted by Gasteiger charge is -2.49. The summed E-state index contributed by atoms with van der Waals surface area (Å²) < 4.78 is 7.88. The number of amides is 4. The van der Waals surface area contributed by atoms with Gasteiger partial charge < -0.3 is 24.8 Å². The van der Waals surface area contributed by atoms with Gasteiger partial charge in [0.1, 0.15) is 22.1 Å². The molecule has 3 aromatic carbocycles. The Morgan fingerprint density at radius 1 is 0.983 bits per heavy atom. The lowest BCUT2D eigenvalue weighted by Crippen LogP contribution is -2.58. The molecule has 3 aliphatic rings. The SMILES string of the molecule is Cc1nn(C)cc1-c1nc2ncc(Cl)c(Oc3ccc(C(=O)NCc4ccc(C(=O)N5CCC6(C5)CN(c5ccc([C@@H]7CCC(=O)NC7=O)cc5)C6)cc4)cc3)c2[nH]1. The van der Waals surface area contributed by atoms with Crippen LogP contribution in [0.25, 0.3) is 22.6 Å². The van der Waals surface area contributed by atoms with E-state index in [1.54, 1.807) is 28.9 Å². The maximum absolute atomic E-state index is 13.5. The summed E-state index contributed by atoms with van der Waals surface area (Å²) in [6.45, 7) is 5.34. The number of H-pyrrole nitrogens is 1. The standard InChI is InChI=1S/C43H40ClN9O5/c1-25-33(21-51(2)50-25)38-48-36-37(34(44)20-45-39(36)49-38)58-31-13-9-28(10-14-31)40(55)46-19-26-3-5-29(6-4-26)42(57)52-18-17-43(22-52)23-53(24-43)30-11-7-27(8-12-30)32-15-16-35(54)47-41(32)56/h3-14,20-21,32H,15-19,22-24H2,1-2H3,(H,46,55)(H,45,48,49)(H,47,54,56)/t32-/m0/s1. The van der Waals surface area contributed by atoms with Gasteiger partial charge in [0.2, 0.25) is 11.8 Å². The van der Waals surface area contributed by atoms with Crippen molar-refractivity contribution in [1.82, 2.24) is 40.3 Å². The summed E-state index contributed by atoms with van der Waals surface area (Å²) in [5.41, 5.74) is 6.69. The van der Waals surface area contributed by atoms with Gasteiger partial charge in [0.15, 0.2) is 11.4 Å². The molecule has 3 aromatic heterocycles. The lowest BCUT2D eigenvalue weighted by molar-refractivity contribution is -0.134. The number of ether oxygens (including phenoxy) is 1. The van der Waals surface area contributed by atoms with Gasteiger partial charge in [-0.1, -0.05) is 35.9 Å². The first-order chi connectivity index (χ1) is 28.0. The number of hydrogen-bond donors (Lipinski definition) is 3. The van der Waals surface area contributed by atoms with Crippen LogP contribution < -0.4 is 20.3 Å². The second kappa shape index (κ2) is 14.8. The van der Waals surface area contributed by atoms with E-state index in [0.29, 0.717) is 77.1 Å². The minimum Gasteiger partial charge on any atom is -0.453 e. The molecule has 3 N–H and O–H groups in total. The van der Waals surface area contributed by atoms with Gasteiger partial charge in [-0.25, -0.2) is 9.97 Å². The molecule has 294 valence electrons. The molecule has 14 nitrogen and oxygen atoms in total. The molecular weight excluding hydrogens is 758 g/mol. The smallest absolute Gasteiger partial charge is 0.253 e. The van der Waals surface area contributed by atoms with Crippen LogP contribution in [0.2, 0.25) is 5.02 Å². The van der Waals surface area contributed by atoms with E-state index in [1.165, 1.54) is 6.20 Å². The molecule has 4 amide bonds. The summed E-state index contributed by atoms with van der Waals surface area (Å²) in [5, 5.41) is 10.1. The average molecular weight is 798 g/mol. The number of likely N-dealkylation sites (tertiary alicyclic amines) is 1. The van der Waals surface area contributed by atoms with Crippen LogP contribution in [0.3, 0.4) is 0 Å². The fourth-order valence-electron chi connectivity index (χ4n) is 8.24. The van der Waals surface area contributed by atoms with E-state index in [9.17, 15) is 19.2 Å². The molecule has 0 saturated carbocycles. The monoisotopic (exact) mass is 797 g/mol. The Balaban J connectivity index is 0.758. The van der Waals surface area contributed by atoms with E-state index in [4.69, 9.17) is 16.3 Å². The molecule has 1 atom stereocenters. The third kappa shape index (κ3) is 7.15. The number of anilines is 1. The molecule has 3 saturated heterocycles. The van der Waals surface area contributed by atoms with Gasteiger partial charge in [-0.15, -0.1) is 0 Å². The quantitative estimate of drug-likeness (QED) is 0.151. The molecule has 0 radical (unpaired) electrons. The number of fused-ring (bicyclic) bond motifs is 1. The largest absolute Gasteiger partial charge is 0.453 e. The minimum absolute atomic E-state index is 0.00663. The van der Waals surface area contributed by atoms with Crippen LogP contribution in [0.15, 0.2) is 85.2 Å². The summed E-state index contributed by atoms with van der Waals surface area (Å²) in [6.07, 6.45) is 5.20. The highest BCUT2D eigenvalue weighted by Crippen LogP contribution is 2.43. The number of piperidine rings is 1.